The predicted octanol–water partition coefficient (Wildman–Crippen LogP) is -0.313. The highest BCUT2D eigenvalue weighted by Crippen LogP contribution is 2.23. The van der Waals surface area contributed by atoms with Gasteiger partial charge in [-0.15, -0.1) is 0 Å². The van der Waals surface area contributed by atoms with Crippen LogP contribution in [0.1, 0.15) is 11.8 Å². The average molecular weight is 220 g/mol. The molecule has 5 nitrogen and oxygen atoms in total. The van der Waals surface area contributed by atoms with Gasteiger partial charge in [0.05, 0.1) is 11.1 Å². The van der Waals surface area contributed by atoms with Gasteiger partial charge in [-0.3, -0.25) is 4.68 Å². The summed E-state index contributed by atoms with van der Waals surface area (Å²) >= 11 is 5.81. The zero-order chi connectivity index (χ0) is 10.7. The van der Waals surface area contributed by atoms with Crippen molar-refractivity contribution in [2.75, 3.05) is 13.6 Å². The first-order chi connectivity index (χ1) is 6.56. The molecule has 0 bridgehead atoms. The first-order valence-corrected chi connectivity index (χ1v) is 4.63. The number of aliphatic hydroxyl groups is 2. The zero-order valence-corrected chi connectivity index (χ0v) is 8.86. The highest BCUT2D eigenvalue weighted by molar-refractivity contribution is 6.31. The van der Waals surface area contributed by atoms with E-state index >= 15 is 0 Å². The van der Waals surface area contributed by atoms with E-state index in [4.69, 9.17) is 11.6 Å². The Balaban J connectivity index is 2.77. The molecule has 0 amide bonds. The molecule has 1 rings (SSSR count). The van der Waals surface area contributed by atoms with Crippen LogP contribution in [0.15, 0.2) is 6.20 Å². The molecule has 2 atom stereocenters. The SMILES string of the molecule is CNCC(O)C(O)c1nn(C)cc1Cl. The highest BCUT2D eigenvalue weighted by Gasteiger charge is 2.22. The van der Waals surface area contributed by atoms with E-state index < -0.39 is 12.2 Å². The van der Waals surface area contributed by atoms with E-state index in [0.29, 0.717) is 10.7 Å². The fourth-order valence-corrected chi connectivity index (χ4v) is 1.47. The molecule has 0 saturated heterocycles. The number of likely N-dealkylation sites (N-methyl/N-ethyl adjacent to an activating group) is 1. The number of hydrogen-bond donors (Lipinski definition) is 3. The largest absolute Gasteiger partial charge is 0.389 e. The van der Waals surface area contributed by atoms with E-state index in [0.717, 1.165) is 0 Å². The molecular formula is C8H14ClN3O2. The molecule has 14 heavy (non-hydrogen) atoms. The maximum absolute atomic E-state index is 9.66. The molecule has 0 aromatic carbocycles. The van der Waals surface area contributed by atoms with Crippen LogP contribution in [0.3, 0.4) is 0 Å². The fourth-order valence-electron chi connectivity index (χ4n) is 1.18. The van der Waals surface area contributed by atoms with Crippen molar-refractivity contribution >= 4 is 11.6 Å². The third-order valence-corrected chi connectivity index (χ3v) is 2.16. The van der Waals surface area contributed by atoms with Crippen LogP contribution in [0.4, 0.5) is 0 Å². The zero-order valence-electron chi connectivity index (χ0n) is 8.11. The lowest BCUT2D eigenvalue weighted by Gasteiger charge is -2.15. The van der Waals surface area contributed by atoms with Gasteiger partial charge >= 0.3 is 0 Å². The van der Waals surface area contributed by atoms with Crippen LogP contribution in [-0.2, 0) is 7.05 Å². The minimum Gasteiger partial charge on any atom is -0.389 e. The number of halogens is 1. The monoisotopic (exact) mass is 219 g/mol. The Bertz CT molecular complexity index is 303. The van der Waals surface area contributed by atoms with Gasteiger partial charge in [0, 0.05) is 19.8 Å². The van der Waals surface area contributed by atoms with Gasteiger partial charge in [-0.25, -0.2) is 0 Å². The molecule has 2 unspecified atom stereocenters. The summed E-state index contributed by atoms with van der Waals surface area (Å²) in [6.45, 7) is 0.286. The summed E-state index contributed by atoms with van der Waals surface area (Å²) in [5.41, 5.74) is 0.303. The minimum absolute atomic E-state index is 0.286. The summed E-state index contributed by atoms with van der Waals surface area (Å²) in [4.78, 5) is 0. The van der Waals surface area contributed by atoms with Crippen LogP contribution in [0.2, 0.25) is 5.02 Å². The second kappa shape index (κ2) is 4.75. The van der Waals surface area contributed by atoms with Crippen molar-refractivity contribution in [3.05, 3.63) is 16.9 Å². The van der Waals surface area contributed by atoms with Crippen LogP contribution in [0, 0.1) is 0 Å². The van der Waals surface area contributed by atoms with Crippen LogP contribution in [-0.4, -0.2) is 39.7 Å². The number of aliphatic hydroxyl groups excluding tert-OH is 2. The normalized spacial score (nSPS) is 15.5. The molecule has 0 saturated carbocycles. The van der Waals surface area contributed by atoms with Gasteiger partial charge in [0.2, 0.25) is 0 Å². The number of nitrogens with zero attached hydrogens (tertiary/aromatic N) is 2. The maximum atomic E-state index is 9.66. The second-order valence-electron chi connectivity index (χ2n) is 3.11. The molecule has 6 heteroatoms. The third-order valence-electron chi connectivity index (χ3n) is 1.87. The van der Waals surface area contributed by atoms with Crippen molar-refractivity contribution in [3.8, 4) is 0 Å². The van der Waals surface area contributed by atoms with Crippen molar-refractivity contribution < 1.29 is 10.2 Å². The van der Waals surface area contributed by atoms with Gasteiger partial charge in [0.25, 0.3) is 0 Å². The molecule has 0 fully saturated rings. The van der Waals surface area contributed by atoms with Crippen molar-refractivity contribution in [2.24, 2.45) is 7.05 Å². The van der Waals surface area contributed by atoms with Crippen molar-refractivity contribution in [2.45, 2.75) is 12.2 Å². The Morgan fingerprint density at radius 2 is 2.29 bits per heavy atom. The van der Waals surface area contributed by atoms with Crippen molar-refractivity contribution in [1.82, 2.24) is 15.1 Å². The van der Waals surface area contributed by atoms with Crippen LogP contribution >= 0.6 is 11.6 Å². The summed E-state index contributed by atoms with van der Waals surface area (Å²) in [5, 5.41) is 26.2. The lowest BCUT2D eigenvalue weighted by molar-refractivity contribution is 0.0174. The van der Waals surface area contributed by atoms with Gasteiger partial charge in [0.1, 0.15) is 11.8 Å². The number of hydrogen-bond acceptors (Lipinski definition) is 4. The Morgan fingerprint density at radius 3 is 2.71 bits per heavy atom. The van der Waals surface area contributed by atoms with Gasteiger partial charge in [0.15, 0.2) is 0 Å². The smallest absolute Gasteiger partial charge is 0.126 e. The summed E-state index contributed by atoms with van der Waals surface area (Å²) in [6.07, 6.45) is -0.393. The van der Waals surface area contributed by atoms with E-state index in [2.05, 4.69) is 10.4 Å². The van der Waals surface area contributed by atoms with Crippen LogP contribution in [0.25, 0.3) is 0 Å². The van der Waals surface area contributed by atoms with E-state index in [1.165, 1.54) is 4.68 Å². The Labute approximate surface area is 87.3 Å². The van der Waals surface area contributed by atoms with E-state index in [1.807, 2.05) is 0 Å². The third kappa shape index (κ3) is 2.45. The fraction of sp³-hybridized carbons (Fsp3) is 0.625. The van der Waals surface area contributed by atoms with E-state index in [-0.39, 0.29) is 6.54 Å². The van der Waals surface area contributed by atoms with Crippen molar-refractivity contribution in [1.29, 1.82) is 0 Å². The molecule has 1 aromatic rings. The minimum atomic E-state index is -1.06. The molecule has 0 radical (unpaired) electrons. The Hall–Kier alpha value is -0.620. The summed E-state index contributed by atoms with van der Waals surface area (Å²) in [6, 6.07) is 0. The predicted molar refractivity (Wildman–Crippen MR) is 53.1 cm³/mol. The molecule has 0 aliphatic carbocycles. The Morgan fingerprint density at radius 1 is 1.64 bits per heavy atom. The average Bonchev–Trinajstić information content (AvgIpc) is 2.44. The lowest BCUT2D eigenvalue weighted by Crippen LogP contribution is -2.30. The Kier molecular flexibility index (Phi) is 3.88. The molecular weight excluding hydrogens is 206 g/mol. The van der Waals surface area contributed by atoms with Crippen LogP contribution in [0.5, 0.6) is 0 Å². The molecule has 3 N–H and O–H groups in total. The van der Waals surface area contributed by atoms with Gasteiger partial charge in [-0.05, 0) is 7.05 Å². The molecule has 0 aliphatic rings. The molecule has 0 aliphatic heterocycles. The number of rotatable bonds is 4. The number of nitrogens with one attached hydrogen (secondary N) is 1. The van der Waals surface area contributed by atoms with Gasteiger partial charge < -0.3 is 15.5 Å². The van der Waals surface area contributed by atoms with Gasteiger partial charge in [-0.1, -0.05) is 11.6 Å². The van der Waals surface area contributed by atoms with Crippen molar-refractivity contribution in [3.63, 3.8) is 0 Å². The quantitative estimate of drug-likeness (QED) is 0.650. The van der Waals surface area contributed by atoms with Gasteiger partial charge in [-0.2, -0.15) is 5.10 Å². The summed E-state index contributed by atoms with van der Waals surface area (Å²) in [5.74, 6) is 0. The number of aryl methyl sites for hydroxylation is 1. The lowest BCUT2D eigenvalue weighted by atomic mass is 10.1. The first kappa shape index (κ1) is 11.5. The summed E-state index contributed by atoms with van der Waals surface area (Å²) in [7, 11) is 3.39. The molecule has 80 valence electrons. The molecule has 0 spiro atoms. The summed E-state index contributed by atoms with van der Waals surface area (Å²) < 4.78 is 1.49. The molecule has 1 aromatic heterocycles. The topological polar surface area (TPSA) is 70.3 Å². The highest BCUT2D eigenvalue weighted by atomic mass is 35.5. The molecule has 1 heterocycles. The number of aromatic nitrogens is 2. The first-order valence-electron chi connectivity index (χ1n) is 4.26. The van der Waals surface area contributed by atoms with Crippen LogP contribution < -0.4 is 5.32 Å². The van der Waals surface area contributed by atoms with E-state index in [9.17, 15) is 10.2 Å². The van der Waals surface area contributed by atoms with E-state index in [1.54, 1.807) is 20.3 Å². The maximum Gasteiger partial charge on any atom is 0.126 e. The second-order valence-corrected chi connectivity index (χ2v) is 3.51. The standard InChI is InChI=1S/C8H14ClN3O2/c1-10-3-6(13)8(14)7-5(9)4-12(2)11-7/h4,6,8,10,13-14H,3H2,1-2H3.